The van der Waals surface area contributed by atoms with E-state index in [2.05, 4.69) is 21.0 Å². The average Bonchev–Trinajstić information content (AvgIpc) is 2.64. The van der Waals surface area contributed by atoms with Crippen LogP contribution >= 0.6 is 15.9 Å². The molecular weight excluding hydrogens is 306 g/mol. The Hall–Kier alpha value is -1.56. The summed E-state index contributed by atoms with van der Waals surface area (Å²) in [5.41, 5.74) is 0.0632. The van der Waals surface area contributed by atoms with Gasteiger partial charge in [-0.15, -0.1) is 0 Å². The molecule has 0 saturated carbocycles. The van der Waals surface area contributed by atoms with Gasteiger partial charge in [-0.05, 0) is 28.1 Å². The molecule has 0 fully saturated rings. The smallest absolute Gasteiger partial charge is 0.186 e. The zero-order valence-electron chi connectivity index (χ0n) is 9.45. The molecule has 3 nitrogen and oxygen atoms in total. The molecule has 1 aromatic heterocycles. The second kappa shape index (κ2) is 4.97. The number of aromatic nitrogens is 2. The van der Waals surface area contributed by atoms with Gasteiger partial charge in [-0.3, -0.25) is 9.48 Å². The van der Waals surface area contributed by atoms with Gasteiger partial charge in [-0.25, -0.2) is 8.78 Å². The highest BCUT2D eigenvalue weighted by Gasteiger charge is 2.19. The number of halogens is 3. The van der Waals surface area contributed by atoms with Crippen LogP contribution in [0.2, 0.25) is 0 Å². The molecule has 0 spiro atoms. The van der Waals surface area contributed by atoms with Crippen molar-refractivity contribution in [2.45, 2.75) is 6.42 Å². The number of hydrogen-bond donors (Lipinski definition) is 0. The number of nitrogens with zero attached hydrogens (tertiary/aromatic N) is 2. The Morgan fingerprint density at radius 1 is 1.39 bits per heavy atom. The molecule has 2 rings (SSSR count). The molecule has 0 radical (unpaired) electrons. The van der Waals surface area contributed by atoms with Crippen molar-refractivity contribution < 1.29 is 13.6 Å². The molecule has 0 bridgehead atoms. The summed E-state index contributed by atoms with van der Waals surface area (Å²) >= 11 is 3.18. The Morgan fingerprint density at radius 2 is 2.00 bits per heavy atom. The monoisotopic (exact) mass is 314 g/mol. The van der Waals surface area contributed by atoms with Crippen LogP contribution in [-0.4, -0.2) is 15.6 Å². The van der Waals surface area contributed by atoms with Gasteiger partial charge >= 0.3 is 0 Å². The number of benzene rings is 1. The van der Waals surface area contributed by atoms with Crippen molar-refractivity contribution in [3.8, 4) is 0 Å². The lowest BCUT2D eigenvalue weighted by Crippen LogP contribution is -2.12. The Labute approximate surface area is 111 Å². The van der Waals surface area contributed by atoms with Gasteiger partial charge in [0.1, 0.15) is 17.3 Å². The summed E-state index contributed by atoms with van der Waals surface area (Å²) in [6.07, 6.45) is 1.13. The lowest BCUT2D eigenvalue weighted by Gasteiger charge is -2.05. The third-order valence-corrected chi connectivity index (χ3v) is 3.14. The van der Waals surface area contributed by atoms with Crippen LogP contribution < -0.4 is 0 Å². The van der Waals surface area contributed by atoms with E-state index in [1.54, 1.807) is 7.05 Å². The van der Waals surface area contributed by atoms with Crippen LogP contribution in [0.5, 0.6) is 0 Å². The Kier molecular flexibility index (Phi) is 3.56. The van der Waals surface area contributed by atoms with E-state index in [1.165, 1.54) is 16.9 Å². The molecule has 0 aliphatic carbocycles. The van der Waals surface area contributed by atoms with Crippen LogP contribution in [-0.2, 0) is 13.5 Å². The fraction of sp³-hybridized carbons (Fsp3) is 0.167. The molecular formula is C12H9BrF2N2O. The fourth-order valence-electron chi connectivity index (χ4n) is 1.67. The topological polar surface area (TPSA) is 34.9 Å². The molecule has 0 saturated heterocycles. The molecule has 94 valence electrons. The number of Topliss-reactive ketones (excluding diaryl/α,β-unsaturated/α-hetero) is 1. The predicted octanol–water partition coefficient (Wildman–Crippen LogP) is 2.89. The minimum absolute atomic E-state index is 0.226. The lowest BCUT2D eigenvalue weighted by atomic mass is 10.1. The molecule has 2 aromatic rings. The first kappa shape index (κ1) is 12.9. The maximum absolute atomic E-state index is 13.4. The van der Waals surface area contributed by atoms with Crippen LogP contribution in [0, 0.1) is 11.6 Å². The minimum atomic E-state index is -0.721. The number of hydrogen-bond acceptors (Lipinski definition) is 2. The van der Waals surface area contributed by atoms with Gasteiger partial charge < -0.3 is 0 Å². The second-order valence-corrected chi connectivity index (χ2v) is 4.62. The normalized spacial score (nSPS) is 10.7. The van der Waals surface area contributed by atoms with Gasteiger partial charge in [-0.2, -0.15) is 5.10 Å². The van der Waals surface area contributed by atoms with E-state index in [0.717, 1.165) is 12.1 Å². The van der Waals surface area contributed by atoms with Gasteiger partial charge in [0.2, 0.25) is 0 Å². The first-order valence-electron chi connectivity index (χ1n) is 5.14. The zero-order valence-corrected chi connectivity index (χ0v) is 11.0. The lowest BCUT2D eigenvalue weighted by molar-refractivity contribution is 0.0980. The van der Waals surface area contributed by atoms with Gasteiger partial charge in [0, 0.05) is 19.0 Å². The Morgan fingerprint density at radius 3 is 2.50 bits per heavy atom. The summed E-state index contributed by atoms with van der Waals surface area (Å²) in [5.74, 6) is -1.84. The molecule has 1 aromatic carbocycles. The number of rotatable bonds is 3. The maximum atomic E-state index is 13.4. The van der Waals surface area contributed by atoms with Gasteiger partial charge in [0.05, 0.1) is 10.7 Å². The average molecular weight is 315 g/mol. The van der Waals surface area contributed by atoms with E-state index in [1.807, 2.05) is 0 Å². The maximum Gasteiger partial charge on any atom is 0.186 e. The third kappa shape index (κ3) is 2.33. The third-order valence-electron chi connectivity index (χ3n) is 2.56. The van der Waals surface area contributed by atoms with Crippen LogP contribution in [0.4, 0.5) is 8.78 Å². The molecule has 1 heterocycles. The van der Waals surface area contributed by atoms with Crippen LogP contribution in [0.15, 0.2) is 28.9 Å². The summed E-state index contributed by atoms with van der Waals surface area (Å²) in [4.78, 5) is 12.0. The van der Waals surface area contributed by atoms with E-state index in [9.17, 15) is 13.6 Å². The van der Waals surface area contributed by atoms with Crippen molar-refractivity contribution in [1.82, 2.24) is 9.78 Å². The first-order valence-corrected chi connectivity index (χ1v) is 5.93. The van der Waals surface area contributed by atoms with E-state index in [4.69, 9.17) is 0 Å². The van der Waals surface area contributed by atoms with E-state index >= 15 is 0 Å². The quantitative estimate of drug-likeness (QED) is 0.816. The molecule has 6 heteroatoms. The van der Waals surface area contributed by atoms with Crippen molar-refractivity contribution in [2.24, 2.45) is 7.05 Å². The zero-order chi connectivity index (χ0) is 13.3. The summed E-state index contributed by atoms with van der Waals surface area (Å²) in [7, 11) is 1.59. The van der Waals surface area contributed by atoms with Crippen molar-refractivity contribution >= 4 is 21.7 Å². The van der Waals surface area contributed by atoms with E-state index < -0.39 is 17.4 Å². The summed E-state index contributed by atoms with van der Waals surface area (Å²) < 4.78 is 28.7. The molecule has 0 amide bonds. The molecule has 0 atom stereocenters. The SMILES string of the molecule is Cn1ncc(Br)c1C(=O)Cc1c(F)cccc1F. The summed E-state index contributed by atoms with van der Waals surface area (Å²) in [5, 5.41) is 3.89. The highest BCUT2D eigenvalue weighted by atomic mass is 79.9. The van der Waals surface area contributed by atoms with Crippen LogP contribution in [0.25, 0.3) is 0 Å². The molecule has 0 N–H and O–H groups in total. The number of carbonyl (C=O) groups is 1. The molecule has 18 heavy (non-hydrogen) atoms. The Balaban J connectivity index is 2.33. The van der Waals surface area contributed by atoms with Crippen molar-refractivity contribution in [3.63, 3.8) is 0 Å². The molecule has 0 unspecified atom stereocenters. The molecule has 0 aliphatic heterocycles. The predicted molar refractivity (Wildman–Crippen MR) is 65.3 cm³/mol. The second-order valence-electron chi connectivity index (χ2n) is 3.76. The Bertz CT molecular complexity index is 570. The molecule has 0 aliphatic rings. The van der Waals surface area contributed by atoms with Crippen molar-refractivity contribution in [3.05, 3.63) is 51.8 Å². The van der Waals surface area contributed by atoms with Gasteiger partial charge in [-0.1, -0.05) is 6.07 Å². The van der Waals surface area contributed by atoms with E-state index in [0.29, 0.717) is 4.47 Å². The standard InChI is InChI=1S/C12H9BrF2N2O/c1-17-12(8(13)6-16-17)11(18)5-7-9(14)3-2-4-10(7)15/h2-4,6H,5H2,1H3. The van der Waals surface area contributed by atoms with Crippen molar-refractivity contribution in [2.75, 3.05) is 0 Å². The highest BCUT2D eigenvalue weighted by Crippen LogP contribution is 2.19. The minimum Gasteiger partial charge on any atom is -0.292 e. The first-order chi connectivity index (χ1) is 8.50. The van der Waals surface area contributed by atoms with Crippen molar-refractivity contribution in [1.29, 1.82) is 0 Å². The number of ketones is 1. The summed E-state index contributed by atoms with van der Waals surface area (Å²) in [6, 6.07) is 3.52. The number of aryl methyl sites for hydroxylation is 1. The fourth-order valence-corrected chi connectivity index (χ4v) is 2.24. The van der Waals surface area contributed by atoms with Crippen LogP contribution in [0.3, 0.4) is 0 Å². The number of carbonyl (C=O) groups excluding carboxylic acids is 1. The highest BCUT2D eigenvalue weighted by molar-refractivity contribution is 9.10. The van der Waals surface area contributed by atoms with E-state index in [-0.39, 0.29) is 17.7 Å². The van der Waals surface area contributed by atoms with Crippen LogP contribution in [0.1, 0.15) is 16.1 Å². The van der Waals surface area contributed by atoms with Gasteiger partial charge in [0.25, 0.3) is 0 Å². The summed E-state index contributed by atoms with van der Waals surface area (Å²) in [6.45, 7) is 0. The van der Waals surface area contributed by atoms with Gasteiger partial charge in [0.15, 0.2) is 5.78 Å². The largest absolute Gasteiger partial charge is 0.292 e.